The maximum Gasteiger partial charge on any atom is 0.0674 e. The zero-order valence-corrected chi connectivity index (χ0v) is 9.76. The third-order valence-corrected chi connectivity index (χ3v) is 3.22. The predicted octanol–water partition coefficient (Wildman–Crippen LogP) is 1.66. The van der Waals surface area contributed by atoms with Crippen molar-refractivity contribution in [2.45, 2.75) is 32.9 Å². The molecule has 1 rings (SSSR count). The molecule has 78 valence electrons. The summed E-state index contributed by atoms with van der Waals surface area (Å²) in [6, 6.07) is 0.568. The van der Waals surface area contributed by atoms with Gasteiger partial charge in [-0.2, -0.15) is 12.6 Å². The minimum Gasteiger partial charge on any atom is -0.376 e. The van der Waals surface area contributed by atoms with Crippen LogP contribution in [0, 0.1) is 5.92 Å². The van der Waals surface area contributed by atoms with E-state index in [1.165, 1.54) is 0 Å². The van der Waals surface area contributed by atoms with E-state index in [2.05, 4.69) is 38.3 Å². The fourth-order valence-corrected chi connectivity index (χ4v) is 1.80. The topological polar surface area (TPSA) is 12.5 Å². The maximum absolute atomic E-state index is 5.57. The molecule has 2 nitrogen and oxygen atoms in total. The largest absolute Gasteiger partial charge is 0.376 e. The first-order valence-electron chi connectivity index (χ1n) is 5.10. The van der Waals surface area contributed by atoms with Crippen molar-refractivity contribution in [2.75, 3.05) is 25.4 Å². The van der Waals surface area contributed by atoms with Crippen molar-refractivity contribution in [3.63, 3.8) is 0 Å². The zero-order chi connectivity index (χ0) is 9.84. The van der Waals surface area contributed by atoms with Gasteiger partial charge in [0.25, 0.3) is 0 Å². The van der Waals surface area contributed by atoms with Crippen molar-refractivity contribution in [3.8, 4) is 0 Å². The number of rotatable bonds is 3. The smallest absolute Gasteiger partial charge is 0.0674 e. The lowest BCUT2D eigenvalue weighted by atomic mass is 10.1. The van der Waals surface area contributed by atoms with Gasteiger partial charge < -0.3 is 4.74 Å². The van der Waals surface area contributed by atoms with E-state index in [-0.39, 0.29) is 0 Å². The van der Waals surface area contributed by atoms with Gasteiger partial charge in [-0.3, -0.25) is 4.90 Å². The molecule has 1 aliphatic heterocycles. The Morgan fingerprint density at radius 3 is 2.85 bits per heavy atom. The first-order chi connectivity index (χ1) is 6.13. The van der Waals surface area contributed by atoms with Gasteiger partial charge in [-0.1, -0.05) is 6.92 Å². The van der Waals surface area contributed by atoms with E-state index in [4.69, 9.17) is 4.74 Å². The molecule has 1 fully saturated rings. The van der Waals surface area contributed by atoms with Gasteiger partial charge in [0.15, 0.2) is 0 Å². The Morgan fingerprint density at radius 2 is 2.23 bits per heavy atom. The highest BCUT2D eigenvalue weighted by Crippen LogP contribution is 2.13. The minimum absolute atomic E-state index is 0.392. The molecule has 3 unspecified atom stereocenters. The second kappa shape index (κ2) is 5.23. The first-order valence-corrected chi connectivity index (χ1v) is 5.73. The fraction of sp³-hybridized carbons (Fsp3) is 1.00. The van der Waals surface area contributed by atoms with Crippen LogP contribution in [0.25, 0.3) is 0 Å². The fourth-order valence-electron chi connectivity index (χ4n) is 1.68. The molecule has 0 aromatic heterocycles. The molecule has 3 atom stereocenters. The van der Waals surface area contributed by atoms with E-state index >= 15 is 0 Å². The van der Waals surface area contributed by atoms with Gasteiger partial charge in [0.05, 0.1) is 12.7 Å². The molecule has 0 aromatic carbocycles. The van der Waals surface area contributed by atoms with Crippen molar-refractivity contribution in [1.29, 1.82) is 0 Å². The summed E-state index contributed by atoms with van der Waals surface area (Å²) in [6.07, 6.45) is 0.392. The summed E-state index contributed by atoms with van der Waals surface area (Å²) in [4.78, 5) is 2.51. The summed E-state index contributed by atoms with van der Waals surface area (Å²) in [5, 5.41) is 0. The van der Waals surface area contributed by atoms with Gasteiger partial charge in [0, 0.05) is 19.1 Å². The van der Waals surface area contributed by atoms with Crippen molar-refractivity contribution >= 4 is 12.6 Å². The van der Waals surface area contributed by atoms with E-state index < -0.39 is 0 Å². The Balaban J connectivity index is 2.37. The molecule has 1 heterocycles. The highest BCUT2D eigenvalue weighted by molar-refractivity contribution is 7.80. The van der Waals surface area contributed by atoms with Gasteiger partial charge in [-0.05, 0) is 25.5 Å². The van der Waals surface area contributed by atoms with Crippen molar-refractivity contribution in [3.05, 3.63) is 0 Å². The number of nitrogens with zero attached hydrogens (tertiary/aromatic N) is 1. The highest BCUT2D eigenvalue weighted by atomic mass is 32.1. The summed E-state index contributed by atoms with van der Waals surface area (Å²) in [6.45, 7) is 9.72. The molecule has 0 aliphatic carbocycles. The van der Waals surface area contributed by atoms with Gasteiger partial charge in [-0.25, -0.2) is 0 Å². The van der Waals surface area contributed by atoms with E-state index in [1.807, 2.05) is 0 Å². The Morgan fingerprint density at radius 1 is 1.54 bits per heavy atom. The molecular weight excluding hydrogens is 182 g/mol. The number of hydrogen-bond acceptors (Lipinski definition) is 3. The van der Waals surface area contributed by atoms with E-state index in [0.717, 1.165) is 25.4 Å². The number of ether oxygens (including phenoxy) is 1. The normalized spacial score (nSPS) is 33.2. The van der Waals surface area contributed by atoms with Crippen LogP contribution in [0.2, 0.25) is 0 Å². The summed E-state index contributed by atoms with van der Waals surface area (Å²) < 4.78 is 5.57. The highest BCUT2D eigenvalue weighted by Gasteiger charge is 2.23. The quantitative estimate of drug-likeness (QED) is 0.700. The molecule has 0 aromatic rings. The molecular formula is C10H21NOS. The summed E-state index contributed by atoms with van der Waals surface area (Å²) >= 11 is 4.31. The molecule has 0 N–H and O–H groups in total. The SMILES string of the molecule is CC(CS)CN1CC(C)OCC1C. The average molecular weight is 203 g/mol. The Kier molecular flexibility index (Phi) is 4.56. The average Bonchev–Trinajstić information content (AvgIpc) is 2.11. The third-order valence-electron chi connectivity index (χ3n) is 2.59. The lowest BCUT2D eigenvalue weighted by Gasteiger charge is -2.38. The molecule has 0 amide bonds. The van der Waals surface area contributed by atoms with Gasteiger partial charge >= 0.3 is 0 Å². The Hall–Kier alpha value is 0.270. The summed E-state index contributed by atoms with van der Waals surface area (Å²) in [5.74, 6) is 1.65. The number of morpholine rings is 1. The second-order valence-electron chi connectivity index (χ2n) is 4.23. The van der Waals surface area contributed by atoms with Gasteiger partial charge in [-0.15, -0.1) is 0 Å². The lowest BCUT2D eigenvalue weighted by Crippen LogP contribution is -2.48. The van der Waals surface area contributed by atoms with E-state index in [1.54, 1.807) is 0 Å². The Labute approximate surface area is 87.0 Å². The predicted molar refractivity (Wildman–Crippen MR) is 59.5 cm³/mol. The lowest BCUT2D eigenvalue weighted by molar-refractivity contribution is -0.0525. The van der Waals surface area contributed by atoms with Crippen LogP contribution in [-0.2, 0) is 4.74 Å². The number of thiol groups is 1. The van der Waals surface area contributed by atoms with Crippen LogP contribution in [0.4, 0.5) is 0 Å². The minimum atomic E-state index is 0.392. The molecule has 3 heteroatoms. The molecule has 0 radical (unpaired) electrons. The molecule has 0 bridgehead atoms. The van der Waals surface area contributed by atoms with E-state index in [0.29, 0.717) is 18.1 Å². The van der Waals surface area contributed by atoms with Crippen LogP contribution >= 0.6 is 12.6 Å². The zero-order valence-electron chi connectivity index (χ0n) is 8.86. The van der Waals surface area contributed by atoms with Crippen LogP contribution in [0.15, 0.2) is 0 Å². The van der Waals surface area contributed by atoms with Crippen molar-refractivity contribution in [2.24, 2.45) is 5.92 Å². The van der Waals surface area contributed by atoms with Crippen molar-refractivity contribution in [1.82, 2.24) is 4.90 Å². The maximum atomic E-state index is 5.57. The monoisotopic (exact) mass is 203 g/mol. The standard InChI is InChI=1S/C10H21NOS/c1-8(7-13)4-11-5-10(3)12-6-9(11)2/h8-10,13H,4-7H2,1-3H3. The number of hydrogen-bond donors (Lipinski definition) is 1. The molecule has 0 spiro atoms. The first kappa shape index (κ1) is 11.3. The van der Waals surface area contributed by atoms with Crippen LogP contribution in [0.1, 0.15) is 20.8 Å². The van der Waals surface area contributed by atoms with Crippen LogP contribution in [-0.4, -0.2) is 42.5 Å². The van der Waals surface area contributed by atoms with Crippen LogP contribution in [0.3, 0.4) is 0 Å². The molecule has 1 saturated heterocycles. The second-order valence-corrected chi connectivity index (χ2v) is 4.60. The summed E-state index contributed by atoms with van der Waals surface area (Å²) in [7, 11) is 0. The molecule has 1 aliphatic rings. The molecule has 0 saturated carbocycles. The van der Waals surface area contributed by atoms with Crippen molar-refractivity contribution < 1.29 is 4.74 Å². The molecule has 13 heavy (non-hydrogen) atoms. The Bertz CT molecular complexity index is 154. The van der Waals surface area contributed by atoms with Crippen LogP contribution in [0.5, 0.6) is 0 Å². The van der Waals surface area contributed by atoms with Crippen LogP contribution < -0.4 is 0 Å². The van der Waals surface area contributed by atoms with Gasteiger partial charge in [0.1, 0.15) is 0 Å². The van der Waals surface area contributed by atoms with Gasteiger partial charge in [0.2, 0.25) is 0 Å². The van der Waals surface area contributed by atoms with E-state index in [9.17, 15) is 0 Å². The third kappa shape index (κ3) is 3.49. The summed E-state index contributed by atoms with van der Waals surface area (Å²) in [5.41, 5.74) is 0.